The zero-order chi connectivity index (χ0) is 20.6. The lowest BCUT2D eigenvalue weighted by Crippen LogP contribution is -2.43. The van der Waals surface area contributed by atoms with E-state index >= 15 is 0 Å². The summed E-state index contributed by atoms with van der Waals surface area (Å²) in [6, 6.07) is 22.3. The van der Waals surface area contributed by atoms with E-state index in [4.69, 9.17) is 11.6 Å². The minimum atomic E-state index is -0.560. The monoisotopic (exact) mass is 424 g/mol. The van der Waals surface area contributed by atoms with Crippen LogP contribution >= 0.6 is 23.4 Å². The molecule has 0 aromatic heterocycles. The summed E-state index contributed by atoms with van der Waals surface area (Å²) in [6.45, 7) is 0. The van der Waals surface area contributed by atoms with Gasteiger partial charge in [0.15, 0.2) is 5.78 Å². The number of nitrogens with one attached hydrogen (secondary N) is 2. The van der Waals surface area contributed by atoms with Gasteiger partial charge in [-0.2, -0.15) is 0 Å². The Kier molecular flexibility index (Phi) is 7.05. The third-order valence-electron chi connectivity index (χ3n) is 3.95. The first-order chi connectivity index (χ1) is 14.0. The summed E-state index contributed by atoms with van der Waals surface area (Å²) in [4.78, 5) is 38.1. The smallest absolute Gasteiger partial charge is 0.270 e. The van der Waals surface area contributed by atoms with E-state index in [-0.39, 0.29) is 28.6 Å². The van der Waals surface area contributed by atoms with E-state index in [2.05, 4.69) is 10.9 Å². The predicted molar refractivity (Wildman–Crippen MR) is 114 cm³/mol. The molecule has 146 valence electrons. The van der Waals surface area contributed by atoms with Crippen LogP contribution in [0.2, 0.25) is 5.02 Å². The Hall–Kier alpha value is -3.09. The molecule has 7 heteroatoms. The SMILES string of the molecule is O=C(CSc1ccc(Cl)cc1)NNC(=O)c1ccccc1C(=O)c1ccccc1. The van der Waals surface area contributed by atoms with Gasteiger partial charge in [-0.05, 0) is 30.3 Å². The van der Waals surface area contributed by atoms with Crippen molar-refractivity contribution in [3.05, 3.63) is 101 Å². The average Bonchev–Trinajstić information content (AvgIpc) is 2.77. The van der Waals surface area contributed by atoms with Crippen molar-refractivity contribution in [1.82, 2.24) is 10.9 Å². The number of halogens is 1. The molecule has 3 rings (SSSR count). The highest BCUT2D eigenvalue weighted by atomic mass is 35.5. The summed E-state index contributed by atoms with van der Waals surface area (Å²) >= 11 is 7.15. The number of carbonyl (C=O) groups excluding carboxylic acids is 3. The molecule has 0 saturated carbocycles. The van der Waals surface area contributed by atoms with E-state index in [1.54, 1.807) is 60.7 Å². The molecular formula is C22H17ClN2O3S. The zero-order valence-corrected chi connectivity index (χ0v) is 16.8. The maximum absolute atomic E-state index is 12.7. The lowest BCUT2D eigenvalue weighted by atomic mass is 9.98. The first-order valence-electron chi connectivity index (χ1n) is 8.71. The maximum Gasteiger partial charge on any atom is 0.270 e. The lowest BCUT2D eigenvalue weighted by Gasteiger charge is -2.10. The Morgan fingerprint density at radius 2 is 1.38 bits per heavy atom. The molecule has 0 atom stereocenters. The van der Waals surface area contributed by atoms with Crippen molar-refractivity contribution in [2.75, 3.05) is 5.75 Å². The van der Waals surface area contributed by atoms with Crippen LogP contribution in [0.15, 0.2) is 83.8 Å². The minimum absolute atomic E-state index is 0.118. The Bertz CT molecular complexity index is 1020. The number of rotatable bonds is 6. The summed E-state index contributed by atoms with van der Waals surface area (Å²) in [5.74, 6) is -1.08. The van der Waals surface area contributed by atoms with Crippen LogP contribution in [0.3, 0.4) is 0 Å². The fraction of sp³-hybridized carbons (Fsp3) is 0.0455. The lowest BCUT2D eigenvalue weighted by molar-refractivity contribution is -0.119. The van der Waals surface area contributed by atoms with Crippen LogP contribution in [0.25, 0.3) is 0 Å². The second-order valence-corrected chi connectivity index (χ2v) is 7.47. The molecule has 0 radical (unpaired) electrons. The van der Waals surface area contributed by atoms with Crippen LogP contribution in [0.1, 0.15) is 26.3 Å². The van der Waals surface area contributed by atoms with E-state index in [0.717, 1.165) is 4.90 Å². The molecule has 0 aliphatic heterocycles. The van der Waals surface area contributed by atoms with E-state index in [0.29, 0.717) is 10.6 Å². The van der Waals surface area contributed by atoms with Crippen LogP contribution in [-0.2, 0) is 4.79 Å². The summed E-state index contributed by atoms with van der Waals surface area (Å²) in [5, 5.41) is 0.620. The molecular weight excluding hydrogens is 408 g/mol. The molecule has 2 amide bonds. The zero-order valence-electron chi connectivity index (χ0n) is 15.2. The Balaban J connectivity index is 1.60. The van der Waals surface area contributed by atoms with Gasteiger partial charge in [0.05, 0.1) is 11.3 Å². The van der Waals surface area contributed by atoms with E-state index in [9.17, 15) is 14.4 Å². The van der Waals surface area contributed by atoms with Gasteiger partial charge in [0, 0.05) is 21.0 Å². The number of benzene rings is 3. The Morgan fingerprint density at radius 3 is 2.07 bits per heavy atom. The van der Waals surface area contributed by atoms with Gasteiger partial charge in [-0.15, -0.1) is 11.8 Å². The number of hydrazine groups is 1. The molecule has 29 heavy (non-hydrogen) atoms. The molecule has 2 N–H and O–H groups in total. The summed E-state index contributed by atoms with van der Waals surface area (Å²) in [6.07, 6.45) is 0. The van der Waals surface area contributed by atoms with Crippen molar-refractivity contribution in [2.24, 2.45) is 0 Å². The number of amides is 2. The van der Waals surface area contributed by atoms with Gasteiger partial charge >= 0.3 is 0 Å². The van der Waals surface area contributed by atoms with Gasteiger partial charge in [-0.25, -0.2) is 0 Å². The first kappa shape index (κ1) is 20.6. The molecule has 0 aliphatic carbocycles. The summed E-state index contributed by atoms with van der Waals surface area (Å²) in [7, 11) is 0. The van der Waals surface area contributed by atoms with Gasteiger partial charge in [-0.1, -0.05) is 60.1 Å². The molecule has 3 aromatic rings. The fourth-order valence-electron chi connectivity index (χ4n) is 2.53. The standard InChI is InChI=1S/C22H17ClN2O3S/c23-16-10-12-17(13-11-16)29-14-20(26)24-25-22(28)19-9-5-4-8-18(19)21(27)15-6-2-1-3-7-15/h1-13H,14H2,(H,24,26)(H,25,28). The van der Waals surface area contributed by atoms with Crippen LogP contribution < -0.4 is 10.9 Å². The molecule has 0 heterocycles. The summed E-state index contributed by atoms with van der Waals surface area (Å²) in [5.41, 5.74) is 5.67. The van der Waals surface area contributed by atoms with Gasteiger partial charge in [-0.3, -0.25) is 25.2 Å². The quantitative estimate of drug-likeness (QED) is 0.354. The van der Waals surface area contributed by atoms with Crippen molar-refractivity contribution >= 4 is 41.0 Å². The molecule has 0 saturated heterocycles. The first-order valence-corrected chi connectivity index (χ1v) is 10.1. The highest BCUT2D eigenvalue weighted by Gasteiger charge is 2.18. The number of hydrogen-bond acceptors (Lipinski definition) is 4. The maximum atomic E-state index is 12.7. The van der Waals surface area contributed by atoms with Gasteiger partial charge < -0.3 is 0 Å². The van der Waals surface area contributed by atoms with Crippen molar-refractivity contribution in [3.63, 3.8) is 0 Å². The van der Waals surface area contributed by atoms with Crippen molar-refractivity contribution in [1.29, 1.82) is 0 Å². The van der Waals surface area contributed by atoms with Gasteiger partial charge in [0.25, 0.3) is 5.91 Å². The topological polar surface area (TPSA) is 75.3 Å². The van der Waals surface area contributed by atoms with E-state index < -0.39 is 5.91 Å². The largest absolute Gasteiger partial charge is 0.289 e. The summed E-state index contributed by atoms with van der Waals surface area (Å²) < 4.78 is 0. The average molecular weight is 425 g/mol. The van der Waals surface area contributed by atoms with Gasteiger partial charge in [0.1, 0.15) is 0 Å². The Labute approximate surface area is 177 Å². The normalized spacial score (nSPS) is 10.2. The predicted octanol–water partition coefficient (Wildman–Crippen LogP) is 4.12. The highest BCUT2D eigenvalue weighted by molar-refractivity contribution is 8.00. The number of hydrogen-bond donors (Lipinski definition) is 2. The van der Waals surface area contributed by atoms with Crippen molar-refractivity contribution < 1.29 is 14.4 Å². The van der Waals surface area contributed by atoms with Crippen LogP contribution in [0.5, 0.6) is 0 Å². The van der Waals surface area contributed by atoms with Crippen LogP contribution in [-0.4, -0.2) is 23.4 Å². The number of carbonyl (C=O) groups is 3. The van der Waals surface area contributed by atoms with E-state index in [1.807, 2.05) is 18.2 Å². The fourth-order valence-corrected chi connectivity index (χ4v) is 3.36. The second kappa shape index (κ2) is 9.91. The second-order valence-electron chi connectivity index (χ2n) is 5.99. The minimum Gasteiger partial charge on any atom is -0.289 e. The number of thioether (sulfide) groups is 1. The molecule has 0 unspecified atom stereocenters. The third kappa shape index (κ3) is 5.70. The molecule has 0 spiro atoms. The molecule has 0 bridgehead atoms. The molecule has 0 fully saturated rings. The van der Waals surface area contributed by atoms with Crippen LogP contribution in [0, 0.1) is 0 Å². The van der Waals surface area contributed by atoms with Crippen molar-refractivity contribution in [3.8, 4) is 0 Å². The van der Waals surface area contributed by atoms with Gasteiger partial charge in [0.2, 0.25) is 5.91 Å². The van der Waals surface area contributed by atoms with Crippen molar-refractivity contribution in [2.45, 2.75) is 4.90 Å². The van der Waals surface area contributed by atoms with Crippen LogP contribution in [0.4, 0.5) is 0 Å². The molecule has 3 aromatic carbocycles. The highest BCUT2D eigenvalue weighted by Crippen LogP contribution is 2.20. The number of ketones is 1. The Morgan fingerprint density at radius 1 is 0.759 bits per heavy atom. The van der Waals surface area contributed by atoms with E-state index in [1.165, 1.54) is 11.8 Å². The molecule has 5 nitrogen and oxygen atoms in total. The molecule has 0 aliphatic rings. The third-order valence-corrected chi connectivity index (χ3v) is 5.22.